The van der Waals surface area contributed by atoms with Crippen molar-refractivity contribution in [1.29, 1.82) is 0 Å². The summed E-state index contributed by atoms with van der Waals surface area (Å²) in [6, 6.07) is 26.0. The third-order valence-electron chi connectivity index (χ3n) is 8.39. The Morgan fingerprint density at radius 3 is 1.51 bits per heavy atom. The summed E-state index contributed by atoms with van der Waals surface area (Å²) < 4.78 is 6.62. The highest BCUT2D eigenvalue weighted by Gasteiger charge is 2.19. The second kappa shape index (κ2) is 9.50. The number of unbranched alkanes of at least 4 members (excludes halogenated alkanes) is 5. The lowest BCUT2D eigenvalue weighted by Gasteiger charge is -2.16. The minimum atomic E-state index is -0.0881. The van der Waals surface area contributed by atoms with E-state index in [4.69, 9.17) is 4.74 Å². The van der Waals surface area contributed by atoms with Crippen molar-refractivity contribution in [3.63, 3.8) is 0 Å². The van der Waals surface area contributed by atoms with Crippen LogP contribution in [0.3, 0.4) is 0 Å². The minimum Gasteiger partial charge on any atom is -0.492 e. The maximum absolute atomic E-state index is 14.2. The third kappa shape index (κ3) is 3.64. The van der Waals surface area contributed by atoms with Gasteiger partial charge in [-0.05, 0) is 44.8 Å². The number of ether oxygens (including phenoxy) is 1. The average Bonchev–Trinajstić information content (AvgIpc) is 2.97. The molecule has 0 N–H and O–H groups in total. The molecule has 39 heavy (non-hydrogen) atoms. The lowest BCUT2D eigenvalue weighted by atomic mass is 9.90. The van der Waals surface area contributed by atoms with E-state index < -0.39 is 0 Å². The molecule has 0 spiro atoms. The van der Waals surface area contributed by atoms with Crippen molar-refractivity contribution < 1.29 is 4.74 Å². The highest BCUT2D eigenvalue weighted by Crippen LogP contribution is 2.41. The fourth-order valence-corrected chi connectivity index (χ4v) is 6.50. The van der Waals surface area contributed by atoms with Gasteiger partial charge in [0.2, 0.25) is 0 Å². The summed E-state index contributed by atoms with van der Waals surface area (Å²) in [5.41, 5.74) is -0.167. The molecule has 0 heterocycles. The van der Waals surface area contributed by atoms with Crippen LogP contribution in [0.25, 0.3) is 64.6 Å². The Morgan fingerprint density at radius 2 is 0.949 bits per heavy atom. The first-order valence-electron chi connectivity index (χ1n) is 14.2. The van der Waals surface area contributed by atoms with Crippen LogP contribution in [-0.2, 0) is 0 Å². The maximum Gasteiger partial charge on any atom is 0.195 e. The zero-order chi connectivity index (χ0) is 26.5. The second-order valence-electron chi connectivity index (χ2n) is 10.7. The summed E-state index contributed by atoms with van der Waals surface area (Å²) in [7, 11) is 0. The summed E-state index contributed by atoms with van der Waals surface area (Å²) in [5, 5.41) is 9.62. The van der Waals surface area contributed by atoms with Crippen LogP contribution in [0, 0.1) is 0 Å². The van der Waals surface area contributed by atoms with Crippen molar-refractivity contribution in [2.24, 2.45) is 0 Å². The zero-order valence-electron chi connectivity index (χ0n) is 22.2. The predicted octanol–water partition coefficient (Wildman–Crippen LogP) is 8.94. The van der Waals surface area contributed by atoms with Crippen molar-refractivity contribution in [3.8, 4) is 5.75 Å². The summed E-state index contributed by atoms with van der Waals surface area (Å²) in [6.07, 6.45) is 7.26. The fourth-order valence-electron chi connectivity index (χ4n) is 6.50. The molecule has 0 aliphatic carbocycles. The Labute approximate surface area is 226 Å². The molecule has 0 atom stereocenters. The van der Waals surface area contributed by atoms with Gasteiger partial charge in [-0.2, -0.15) is 0 Å². The highest BCUT2D eigenvalue weighted by atomic mass is 16.5. The van der Waals surface area contributed by atoms with Gasteiger partial charge in [0.15, 0.2) is 10.9 Å². The second-order valence-corrected chi connectivity index (χ2v) is 10.7. The van der Waals surface area contributed by atoms with Crippen molar-refractivity contribution in [3.05, 3.63) is 99.3 Å². The van der Waals surface area contributed by atoms with Crippen LogP contribution in [0.15, 0.2) is 88.5 Å². The number of hydrogen-bond donors (Lipinski definition) is 0. The molecule has 7 aromatic rings. The van der Waals surface area contributed by atoms with Crippen LogP contribution in [-0.4, -0.2) is 6.61 Å². The molecule has 7 aromatic carbocycles. The minimum absolute atomic E-state index is 0.0792. The summed E-state index contributed by atoms with van der Waals surface area (Å²) >= 11 is 0. The standard InChI is InChI=1S/C36H30O3/c1-2-3-4-5-6-7-20-39-36-26-16-8-12-22-24-14-10-18-28-32(24)35(38)33-25(15-11-19-29(33)34(28)37)23-13-9-17-27(36)31(23)21-30(22)26/h8-19,21H,2-7,20H2,1H3. The number of rotatable bonds is 8. The lowest BCUT2D eigenvalue weighted by molar-refractivity contribution is 0.311. The van der Waals surface area contributed by atoms with Crippen LogP contribution < -0.4 is 15.6 Å². The first-order valence-corrected chi connectivity index (χ1v) is 14.2. The van der Waals surface area contributed by atoms with Gasteiger partial charge in [-0.3, -0.25) is 9.59 Å². The molecule has 0 aliphatic heterocycles. The van der Waals surface area contributed by atoms with Gasteiger partial charge in [0.05, 0.1) is 6.61 Å². The van der Waals surface area contributed by atoms with Crippen molar-refractivity contribution in [1.82, 2.24) is 0 Å². The monoisotopic (exact) mass is 510 g/mol. The van der Waals surface area contributed by atoms with Crippen molar-refractivity contribution in [2.75, 3.05) is 6.61 Å². The topological polar surface area (TPSA) is 43.4 Å². The fraction of sp³-hybridized carbons (Fsp3) is 0.222. The largest absolute Gasteiger partial charge is 0.492 e. The first-order chi connectivity index (χ1) is 19.2. The molecule has 0 saturated heterocycles. The first kappa shape index (κ1) is 23.8. The van der Waals surface area contributed by atoms with Gasteiger partial charge in [-0.1, -0.05) is 112 Å². The van der Waals surface area contributed by atoms with Crippen molar-refractivity contribution in [2.45, 2.75) is 45.4 Å². The van der Waals surface area contributed by atoms with Crippen LogP contribution in [0.1, 0.15) is 45.4 Å². The van der Waals surface area contributed by atoms with Crippen LogP contribution in [0.2, 0.25) is 0 Å². The summed E-state index contributed by atoms with van der Waals surface area (Å²) in [4.78, 5) is 27.9. The summed E-state index contributed by atoms with van der Waals surface area (Å²) in [5.74, 6) is 0.898. The predicted molar refractivity (Wildman–Crippen MR) is 165 cm³/mol. The molecule has 7 rings (SSSR count). The van der Waals surface area contributed by atoms with Gasteiger partial charge in [0, 0.05) is 32.3 Å². The van der Waals surface area contributed by atoms with E-state index in [-0.39, 0.29) is 10.9 Å². The quantitative estimate of drug-likeness (QED) is 0.151. The van der Waals surface area contributed by atoms with E-state index >= 15 is 0 Å². The van der Waals surface area contributed by atoms with Gasteiger partial charge in [0.1, 0.15) is 5.75 Å². The van der Waals surface area contributed by atoms with E-state index in [2.05, 4.69) is 37.3 Å². The number of hydrogen-bond acceptors (Lipinski definition) is 3. The highest BCUT2D eigenvalue weighted by molar-refractivity contribution is 6.26. The molecule has 0 radical (unpaired) electrons. The lowest BCUT2D eigenvalue weighted by Crippen LogP contribution is -2.13. The third-order valence-corrected chi connectivity index (χ3v) is 8.39. The maximum atomic E-state index is 14.2. The van der Waals surface area contributed by atoms with Gasteiger partial charge < -0.3 is 4.74 Å². The van der Waals surface area contributed by atoms with Gasteiger partial charge in [-0.15, -0.1) is 0 Å². The molecule has 0 aromatic heterocycles. The molecule has 0 saturated carbocycles. The van der Waals surface area contributed by atoms with E-state index in [1.807, 2.05) is 36.4 Å². The van der Waals surface area contributed by atoms with E-state index in [1.54, 1.807) is 12.1 Å². The molecular weight excluding hydrogens is 480 g/mol. The average molecular weight is 511 g/mol. The van der Waals surface area contributed by atoms with Gasteiger partial charge in [0.25, 0.3) is 0 Å². The van der Waals surface area contributed by atoms with Gasteiger partial charge >= 0.3 is 0 Å². The Kier molecular flexibility index (Phi) is 5.81. The Hall–Kier alpha value is -4.24. The molecule has 0 fully saturated rings. The SMILES string of the molecule is CCCCCCCCOc1c2cccc3c2cc2c1cccc2c1cccc2c(=O)c4cccc3c4c(=O)c21. The Balaban J connectivity index is 1.60. The molecule has 3 heteroatoms. The van der Waals surface area contributed by atoms with E-state index in [1.165, 1.54) is 32.1 Å². The Bertz CT molecular complexity index is 1990. The normalized spacial score (nSPS) is 12.1. The Morgan fingerprint density at radius 1 is 0.487 bits per heavy atom. The van der Waals surface area contributed by atoms with Crippen LogP contribution >= 0.6 is 0 Å². The molecule has 0 aliphatic rings. The molecule has 192 valence electrons. The van der Waals surface area contributed by atoms with E-state index in [9.17, 15) is 9.59 Å². The van der Waals surface area contributed by atoms with E-state index in [0.29, 0.717) is 28.2 Å². The smallest absolute Gasteiger partial charge is 0.195 e. The molecule has 0 amide bonds. The molecule has 3 nitrogen and oxygen atoms in total. The zero-order valence-corrected chi connectivity index (χ0v) is 22.2. The summed E-state index contributed by atoms with van der Waals surface area (Å²) in [6.45, 7) is 2.91. The molecule has 0 unspecified atom stereocenters. The number of benzene rings is 6. The molecular formula is C36H30O3. The van der Waals surface area contributed by atoms with Crippen LogP contribution in [0.5, 0.6) is 5.75 Å². The van der Waals surface area contributed by atoms with Crippen LogP contribution in [0.4, 0.5) is 0 Å². The van der Waals surface area contributed by atoms with Crippen molar-refractivity contribution >= 4 is 64.6 Å². The number of fused-ring (bicyclic) bond motifs is 2. The molecule has 4 bridgehead atoms. The van der Waals surface area contributed by atoms with E-state index in [0.717, 1.165) is 55.3 Å². The van der Waals surface area contributed by atoms with Gasteiger partial charge in [-0.25, -0.2) is 0 Å².